The van der Waals surface area contributed by atoms with E-state index in [1.807, 2.05) is 27.7 Å². The van der Waals surface area contributed by atoms with Gasteiger partial charge in [0.25, 0.3) is 0 Å². The number of phenols is 4. The Morgan fingerprint density at radius 3 is 1.68 bits per heavy atom. The van der Waals surface area contributed by atoms with Crippen LogP contribution in [0.15, 0.2) is 36.4 Å². The Balaban J connectivity index is 0.00000102. The smallest absolute Gasteiger partial charge is 0.126 e. The highest BCUT2D eigenvalue weighted by Gasteiger charge is 1.99. The summed E-state index contributed by atoms with van der Waals surface area (Å²) in [6, 6.07) is 8.44. The molecule has 0 aliphatic carbocycles. The van der Waals surface area contributed by atoms with Crippen molar-refractivity contribution in [2.24, 2.45) is 0 Å². The molecular weight excluding hydrogens is 280 g/mol. The standard InChI is InChI=1S/C14H12O4.2C2H6/c15-11-4-3-10(14(18)8-11)2-1-9-5-12(16)7-13(17)6-9;2*1-2/h1-8,15-18H;2*1-2H3/b2-1+;;. The zero-order valence-corrected chi connectivity index (χ0v) is 13.4. The molecule has 0 amide bonds. The van der Waals surface area contributed by atoms with Gasteiger partial charge in [-0.15, -0.1) is 0 Å². The van der Waals surface area contributed by atoms with Crippen molar-refractivity contribution in [2.45, 2.75) is 27.7 Å². The van der Waals surface area contributed by atoms with Crippen LogP contribution in [0.3, 0.4) is 0 Å². The molecule has 0 unspecified atom stereocenters. The van der Waals surface area contributed by atoms with Gasteiger partial charge in [-0.05, 0) is 29.8 Å². The zero-order chi connectivity index (χ0) is 17.1. The minimum absolute atomic E-state index is 0.0142. The molecule has 0 aliphatic rings. The van der Waals surface area contributed by atoms with Crippen LogP contribution in [0.5, 0.6) is 23.0 Å². The monoisotopic (exact) mass is 304 g/mol. The molecule has 2 aromatic carbocycles. The molecule has 0 saturated heterocycles. The molecule has 4 nitrogen and oxygen atoms in total. The summed E-state index contributed by atoms with van der Waals surface area (Å²) in [5.41, 5.74) is 1.12. The van der Waals surface area contributed by atoms with Crippen molar-refractivity contribution in [3.63, 3.8) is 0 Å². The lowest BCUT2D eigenvalue weighted by Crippen LogP contribution is -1.76. The predicted molar refractivity (Wildman–Crippen MR) is 91.2 cm³/mol. The Labute approximate surface area is 131 Å². The van der Waals surface area contributed by atoms with Gasteiger partial charge in [0.1, 0.15) is 23.0 Å². The normalized spacial score (nSPS) is 9.45. The van der Waals surface area contributed by atoms with Crippen LogP contribution >= 0.6 is 0 Å². The highest BCUT2D eigenvalue weighted by atomic mass is 16.3. The Kier molecular flexibility index (Phi) is 8.95. The Bertz CT molecular complexity index is 584. The van der Waals surface area contributed by atoms with Gasteiger partial charge in [0.15, 0.2) is 0 Å². The fraction of sp³-hybridized carbons (Fsp3) is 0.222. The van der Waals surface area contributed by atoms with Crippen LogP contribution < -0.4 is 0 Å². The molecule has 0 heterocycles. The first-order chi connectivity index (χ1) is 10.5. The lowest BCUT2D eigenvalue weighted by Gasteiger charge is -2.01. The van der Waals surface area contributed by atoms with Crippen LogP contribution in [0.25, 0.3) is 12.2 Å². The maximum Gasteiger partial charge on any atom is 0.126 e. The van der Waals surface area contributed by atoms with Gasteiger partial charge in [0.2, 0.25) is 0 Å². The van der Waals surface area contributed by atoms with Gasteiger partial charge in [0, 0.05) is 17.7 Å². The summed E-state index contributed by atoms with van der Waals surface area (Å²) in [7, 11) is 0. The van der Waals surface area contributed by atoms with Crippen molar-refractivity contribution in [3.8, 4) is 23.0 Å². The Morgan fingerprint density at radius 2 is 1.18 bits per heavy atom. The molecule has 2 aromatic rings. The first kappa shape index (κ1) is 19.4. The molecule has 2 rings (SSSR count). The SMILES string of the molecule is CC.CC.Oc1cc(O)cc(/C=C/c2ccc(O)cc2O)c1. The van der Waals surface area contributed by atoms with Crippen LogP contribution in [-0.2, 0) is 0 Å². The van der Waals surface area contributed by atoms with Crippen LogP contribution in [-0.4, -0.2) is 20.4 Å². The van der Waals surface area contributed by atoms with Gasteiger partial charge in [-0.1, -0.05) is 39.8 Å². The van der Waals surface area contributed by atoms with E-state index in [2.05, 4.69) is 0 Å². The van der Waals surface area contributed by atoms with E-state index in [4.69, 9.17) is 5.11 Å². The first-order valence-electron chi connectivity index (χ1n) is 7.28. The average molecular weight is 304 g/mol. The van der Waals surface area contributed by atoms with E-state index in [0.717, 1.165) is 0 Å². The summed E-state index contributed by atoms with van der Waals surface area (Å²) < 4.78 is 0. The molecule has 4 heteroatoms. The highest BCUT2D eigenvalue weighted by Crippen LogP contribution is 2.26. The largest absolute Gasteiger partial charge is 0.508 e. The molecule has 4 N–H and O–H groups in total. The van der Waals surface area contributed by atoms with Crippen molar-refractivity contribution < 1.29 is 20.4 Å². The zero-order valence-electron chi connectivity index (χ0n) is 13.4. The average Bonchev–Trinajstić information content (AvgIpc) is 2.49. The van der Waals surface area contributed by atoms with Crippen molar-refractivity contribution in [1.82, 2.24) is 0 Å². The molecule has 120 valence electrons. The second-order valence-electron chi connectivity index (χ2n) is 3.86. The summed E-state index contributed by atoms with van der Waals surface area (Å²) in [5, 5.41) is 37.3. The van der Waals surface area contributed by atoms with E-state index in [9.17, 15) is 15.3 Å². The van der Waals surface area contributed by atoms with Crippen molar-refractivity contribution in [2.75, 3.05) is 0 Å². The number of hydrogen-bond acceptors (Lipinski definition) is 4. The molecule has 0 aromatic heterocycles. The number of benzene rings is 2. The van der Waals surface area contributed by atoms with Gasteiger partial charge in [-0.3, -0.25) is 0 Å². The lowest BCUT2D eigenvalue weighted by atomic mass is 10.1. The molecule has 0 radical (unpaired) electrons. The number of hydrogen-bond donors (Lipinski definition) is 4. The fourth-order valence-electron chi connectivity index (χ4n) is 1.57. The third-order valence-electron chi connectivity index (χ3n) is 2.39. The second-order valence-corrected chi connectivity index (χ2v) is 3.86. The lowest BCUT2D eigenvalue weighted by molar-refractivity contribution is 0.449. The number of rotatable bonds is 2. The Morgan fingerprint density at radius 1 is 0.636 bits per heavy atom. The van der Waals surface area contributed by atoms with Crippen LogP contribution in [0.4, 0.5) is 0 Å². The molecule has 0 fully saturated rings. The molecule has 0 aliphatic heterocycles. The topological polar surface area (TPSA) is 80.9 Å². The number of aromatic hydroxyl groups is 4. The first-order valence-corrected chi connectivity index (χ1v) is 7.28. The van der Waals surface area contributed by atoms with E-state index >= 15 is 0 Å². The molecule has 0 atom stereocenters. The number of phenolic OH excluding ortho intramolecular Hbond substituents is 4. The van der Waals surface area contributed by atoms with Crippen molar-refractivity contribution in [1.29, 1.82) is 0 Å². The predicted octanol–water partition coefficient (Wildman–Crippen LogP) is 4.73. The van der Waals surface area contributed by atoms with E-state index in [0.29, 0.717) is 11.1 Å². The quantitative estimate of drug-likeness (QED) is 0.604. The van der Waals surface area contributed by atoms with Crippen molar-refractivity contribution >= 4 is 12.2 Å². The Hall–Kier alpha value is -2.62. The third-order valence-corrected chi connectivity index (χ3v) is 2.39. The summed E-state index contributed by atoms with van der Waals surface area (Å²) in [6.45, 7) is 8.00. The van der Waals surface area contributed by atoms with Gasteiger partial charge >= 0.3 is 0 Å². The molecular formula is C18H24O4. The van der Waals surface area contributed by atoms with Gasteiger partial charge in [-0.2, -0.15) is 0 Å². The minimum Gasteiger partial charge on any atom is -0.508 e. The van der Waals surface area contributed by atoms with E-state index in [1.54, 1.807) is 18.2 Å². The summed E-state index contributed by atoms with van der Waals surface area (Å²) in [6.07, 6.45) is 3.24. The van der Waals surface area contributed by atoms with Crippen LogP contribution in [0.1, 0.15) is 38.8 Å². The van der Waals surface area contributed by atoms with Crippen LogP contribution in [0, 0.1) is 0 Å². The van der Waals surface area contributed by atoms with Gasteiger partial charge in [0.05, 0.1) is 0 Å². The molecule has 22 heavy (non-hydrogen) atoms. The van der Waals surface area contributed by atoms with Gasteiger partial charge in [-0.25, -0.2) is 0 Å². The van der Waals surface area contributed by atoms with Crippen molar-refractivity contribution in [3.05, 3.63) is 47.5 Å². The fourth-order valence-corrected chi connectivity index (χ4v) is 1.57. The van der Waals surface area contributed by atoms with E-state index < -0.39 is 0 Å². The highest BCUT2D eigenvalue weighted by molar-refractivity contribution is 5.73. The maximum absolute atomic E-state index is 9.57. The van der Waals surface area contributed by atoms with E-state index in [-0.39, 0.29) is 23.0 Å². The minimum atomic E-state index is -0.0457. The molecule has 0 spiro atoms. The summed E-state index contributed by atoms with van der Waals surface area (Å²) >= 11 is 0. The van der Waals surface area contributed by atoms with E-state index in [1.165, 1.54) is 30.3 Å². The summed E-state index contributed by atoms with van der Waals surface area (Å²) in [4.78, 5) is 0. The third kappa shape index (κ3) is 6.22. The van der Waals surface area contributed by atoms with Gasteiger partial charge < -0.3 is 20.4 Å². The maximum atomic E-state index is 9.57. The molecule has 0 bridgehead atoms. The second kappa shape index (κ2) is 10.2. The summed E-state index contributed by atoms with van der Waals surface area (Å²) in [5.74, 6) is -0.135. The van der Waals surface area contributed by atoms with Crippen LogP contribution in [0.2, 0.25) is 0 Å². The molecule has 0 saturated carbocycles.